The molecule has 0 spiro atoms. The summed E-state index contributed by atoms with van der Waals surface area (Å²) in [6.45, 7) is 0. The van der Waals surface area contributed by atoms with Crippen molar-refractivity contribution in [2.45, 2.75) is 0 Å². The van der Waals surface area contributed by atoms with Crippen LogP contribution in [0.3, 0.4) is 0 Å². The number of furan rings is 2. The molecule has 0 aliphatic rings. The first kappa shape index (κ1) is 31.5. The normalized spacial score (nSPS) is 11.9. The van der Waals surface area contributed by atoms with Gasteiger partial charge in [0.25, 0.3) is 0 Å². The number of aromatic nitrogens is 5. The zero-order valence-corrected chi connectivity index (χ0v) is 30.3. The molecule has 0 N–H and O–H groups in total. The number of hydrogen-bond acceptors (Lipinski definition) is 6. The molecule has 5 heterocycles. The molecule has 0 saturated carbocycles. The van der Waals surface area contributed by atoms with Crippen LogP contribution < -0.4 is 0 Å². The van der Waals surface area contributed by atoms with Crippen molar-refractivity contribution in [3.8, 4) is 51.0 Å². The summed E-state index contributed by atoms with van der Waals surface area (Å²) in [5.41, 5.74) is 11.1. The van der Waals surface area contributed by atoms with E-state index in [4.69, 9.17) is 23.8 Å². The Kier molecular flexibility index (Phi) is 6.79. The van der Waals surface area contributed by atoms with Crippen molar-refractivity contribution in [3.05, 3.63) is 176 Å². The largest absolute Gasteiger partial charge is 0.456 e. The van der Waals surface area contributed by atoms with Gasteiger partial charge in [-0.15, -0.1) is 0 Å². The van der Waals surface area contributed by atoms with E-state index in [9.17, 15) is 0 Å². The lowest BCUT2D eigenvalue weighted by atomic mass is 9.99. The summed E-state index contributed by atoms with van der Waals surface area (Å²) in [6, 6.07) is 56.0. The molecule has 12 rings (SSSR count). The lowest BCUT2D eigenvalue weighted by Gasteiger charge is -2.14. The van der Waals surface area contributed by atoms with Crippen LogP contribution in [0.2, 0.25) is 0 Å². The van der Waals surface area contributed by atoms with Crippen LogP contribution in [-0.4, -0.2) is 24.5 Å². The number of hydrogen-bond donors (Lipinski definition) is 0. The highest BCUT2D eigenvalue weighted by atomic mass is 16.3. The fourth-order valence-corrected chi connectivity index (χ4v) is 8.34. The Morgan fingerprint density at radius 1 is 0.386 bits per heavy atom. The van der Waals surface area contributed by atoms with E-state index in [0.717, 1.165) is 99.2 Å². The predicted molar refractivity (Wildman–Crippen MR) is 228 cm³/mol. The minimum Gasteiger partial charge on any atom is -0.456 e. The first-order valence-electron chi connectivity index (χ1n) is 18.9. The molecular weight excluding hydrogens is 703 g/mol. The average molecular weight is 732 g/mol. The zero-order chi connectivity index (χ0) is 37.5. The highest BCUT2D eigenvalue weighted by Crippen LogP contribution is 2.40. The number of rotatable bonds is 5. The van der Waals surface area contributed by atoms with E-state index in [1.165, 1.54) is 0 Å². The summed E-state index contributed by atoms with van der Waals surface area (Å²) in [7, 11) is 0. The highest BCUT2D eigenvalue weighted by Gasteiger charge is 2.20. The Morgan fingerprint density at radius 2 is 1.04 bits per heavy atom. The van der Waals surface area contributed by atoms with Gasteiger partial charge in [-0.3, -0.25) is 4.98 Å². The van der Waals surface area contributed by atoms with E-state index < -0.39 is 0 Å². The quantitative estimate of drug-likeness (QED) is 0.175. The fraction of sp³-hybridized carbons (Fsp3) is 0. The van der Waals surface area contributed by atoms with Gasteiger partial charge in [-0.05, 0) is 71.8 Å². The molecule has 0 bridgehead atoms. The van der Waals surface area contributed by atoms with Crippen LogP contribution in [0.4, 0.5) is 0 Å². The van der Waals surface area contributed by atoms with Crippen molar-refractivity contribution in [2.24, 2.45) is 0 Å². The molecule has 0 aliphatic carbocycles. The van der Waals surface area contributed by atoms with Crippen LogP contribution in [0, 0.1) is 0 Å². The molecule has 5 aromatic heterocycles. The molecule has 0 fully saturated rings. The van der Waals surface area contributed by atoms with E-state index >= 15 is 0 Å². The van der Waals surface area contributed by atoms with Gasteiger partial charge in [0.1, 0.15) is 22.3 Å². The number of benzene rings is 7. The van der Waals surface area contributed by atoms with Gasteiger partial charge in [0.15, 0.2) is 17.5 Å². The minimum atomic E-state index is 0.559. The van der Waals surface area contributed by atoms with Gasteiger partial charge in [-0.2, -0.15) is 0 Å². The molecular formula is C50H29N5O2. The Bertz CT molecular complexity index is 3490. The van der Waals surface area contributed by atoms with Crippen LogP contribution in [0.25, 0.3) is 117 Å². The van der Waals surface area contributed by atoms with Gasteiger partial charge < -0.3 is 13.4 Å². The predicted octanol–water partition coefficient (Wildman–Crippen LogP) is 12.8. The van der Waals surface area contributed by atoms with Crippen LogP contribution in [0.15, 0.2) is 185 Å². The minimum absolute atomic E-state index is 0.559. The Hall–Kier alpha value is -7.90. The van der Waals surface area contributed by atoms with Crippen molar-refractivity contribution in [1.82, 2.24) is 24.5 Å². The van der Waals surface area contributed by atoms with Gasteiger partial charge >= 0.3 is 0 Å². The molecule has 0 aliphatic heterocycles. The average Bonchev–Trinajstić information content (AvgIpc) is 3.96. The Morgan fingerprint density at radius 3 is 1.91 bits per heavy atom. The second-order valence-electron chi connectivity index (χ2n) is 14.3. The molecule has 0 saturated heterocycles. The standard InChI is InChI=1S/C50H29N5O2/c1-2-11-30(12-3-1)48-52-49(54-50(53-48)38-16-10-20-46-47(38)37-15-6-9-19-44(37)57-46)33-25-32(31-21-22-45-39(28-31)36-14-5-8-18-43(36)56-45)26-34(27-33)55-41-17-7-4-13-35(41)40-29-51-24-23-42(40)55/h1-29H. The lowest BCUT2D eigenvalue weighted by molar-refractivity contribution is 0.668. The molecule has 57 heavy (non-hydrogen) atoms. The van der Waals surface area contributed by atoms with Gasteiger partial charge in [0, 0.05) is 67.1 Å². The first-order valence-corrected chi connectivity index (χ1v) is 18.9. The number of nitrogens with zero attached hydrogens (tertiary/aromatic N) is 5. The van der Waals surface area contributed by atoms with Crippen molar-refractivity contribution < 1.29 is 8.83 Å². The molecule has 0 atom stereocenters. The monoisotopic (exact) mass is 731 g/mol. The first-order chi connectivity index (χ1) is 28.2. The third kappa shape index (κ3) is 4.99. The van der Waals surface area contributed by atoms with Gasteiger partial charge in [-0.1, -0.05) is 103 Å². The summed E-state index contributed by atoms with van der Waals surface area (Å²) in [5.74, 6) is 1.71. The highest BCUT2D eigenvalue weighted by molar-refractivity contribution is 6.12. The molecule has 0 unspecified atom stereocenters. The second kappa shape index (κ2) is 12.3. The topological polar surface area (TPSA) is 82.8 Å². The smallest absolute Gasteiger partial charge is 0.164 e. The van der Waals surface area contributed by atoms with E-state index in [0.29, 0.717) is 17.5 Å². The van der Waals surface area contributed by atoms with E-state index in [1.807, 2.05) is 85.2 Å². The number of pyridine rings is 1. The molecule has 7 aromatic carbocycles. The molecule has 7 nitrogen and oxygen atoms in total. The third-order valence-corrected chi connectivity index (χ3v) is 10.9. The summed E-state index contributed by atoms with van der Waals surface area (Å²) in [4.78, 5) is 20.2. The van der Waals surface area contributed by atoms with E-state index in [2.05, 4.69) is 101 Å². The van der Waals surface area contributed by atoms with Crippen LogP contribution in [0.1, 0.15) is 0 Å². The third-order valence-electron chi connectivity index (χ3n) is 10.9. The lowest BCUT2D eigenvalue weighted by Crippen LogP contribution is -2.02. The summed E-state index contributed by atoms with van der Waals surface area (Å²) >= 11 is 0. The van der Waals surface area contributed by atoms with Crippen LogP contribution in [0.5, 0.6) is 0 Å². The maximum absolute atomic E-state index is 6.30. The van der Waals surface area contributed by atoms with E-state index in [1.54, 1.807) is 0 Å². The van der Waals surface area contributed by atoms with Crippen molar-refractivity contribution in [3.63, 3.8) is 0 Å². The van der Waals surface area contributed by atoms with Crippen LogP contribution in [-0.2, 0) is 0 Å². The Labute approximate surface area is 325 Å². The second-order valence-corrected chi connectivity index (χ2v) is 14.3. The molecule has 12 aromatic rings. The number of fused-ring (bicyclic) bond motifs is 9. The maximum atomic E-state index is 6.30. The summed E-state index contributed by atoms with van der Waals surface area (Å²) in [6.07, 6.45) is 3.80. The summed E-state index contributed by atoms with van der Waals surface area (Å²) in [5, 5.41) is 6.34. The van der Waals surface area contributed by atoms with Crippen molar-refractivity contribution in [1.29, 1.82) is 0 Å². The Balaban J connectivity index is 1.15. The van der Waals surface area contributed by atoms with Crippen molar-refractivity contribution in [2.75, 3.05) is 0 Å². The fourth-order valence-electron chi connectivity index (χ4n) is 8.34. The zero-order valence-electron chi connectivity index (χ0n) is 30.3. The molecule has 7 heteroatoms. The number of para-hydroxylation sites is 3. The van der Waals surface area contributed by atoms with Gasteiger partial charge in [0.2, 0.25) is 0 Å². The molecule has 0 radical (unpaired) electrons. The molecule has 0 amide bonds. The van der Waals surface area contributed by atoms with Crippen molar-refractivity contribution >= 4 is 65.7 Å². The summed E-state index contributed by atoms with van der Waals surface area (Å²) < 4.78 is 14.8. The molecule has 266 valence electrons. The van der Waals surface area contributed by atoms with Gasteiger partial charge in [0.05, 0.1) is 11.0 Å². The maximum Gasteiger partial charge on any atom is 0.164 e. The SMILES string of the molecule is c1ccc(-c2nc(-c3cc(-c4ccc5oc6ccccc6c5c4)cc(-n4c5ccccc5c5cnccc54)c3)nc(-c3cccc4oc5ccccc5c34)n2)cc1. The van der Waals surface area contributed by atoms with Gasteiger partial charge in [-0.25, -0.2) is 15.0 Å². The van der Waals surface area contributed by atoms with Crippen LogP contribution >= 0.6 is 0 Å². The van der Waals surface area contributed by atoms with E-state index in [-0.39, 0.29) is 0 Å².